The maximum Gasteiger partial charge on any atom is 0.521 e. The molecular weight excluding hydrogens is 231 g/mol. The van der Waals surface area contributed by atoms with Crippen molar-refractivity contribution in [2.24, 2.45) is 0 Å². The quantitative estimate of drug-likeness (QED) is 0.507. The van der Waals surface area contributed by atoms with E-state index in [1.165, 1.54) is 0 Å². The summed E-state index contributed by atoms with van der Waals surface area (Å²) < 4.78 is 5.50. The van der Waals surface area contributed by atoms with Crippen LogP contribution in [0.2, 0.25) is 18.1 Å². The van der Waals surface area contributed by atoms with Crippen LogP contribution in [0.5, 0.6) is 0 Å². The molecule has 3 nitrogen and oxygen atoms in total. The van der Waals surface area contributed by atoms with Gasteiger partial charge < -0.3 is 5.02 Å². The highest BCUT2D eigenvalue weighted by Gasteiger charge is 2.40. The first-order chi connectivity index (χ1) is 7.74. The Morgan fingerprint density at radius 1 is 1.12 bits per heavy atom. The van der Waals surface area contributed by atoms with Crippen molar-refractivity contribution < 1.29 is 14.4 Å². The Balaban J connectivity index is 2.58. The average molecular weight is 252 g/mol. The minimum Gasteiger partial charge on any atom is -0.422 e. The Morgan fingerprint density at radius 3 is 2.12 bits per heavy atom. The van der Waals surface area contributed by atoms with Gasteiger partial charge in [-0.2, -0.15) is 0 Å². The zero-order valence-corrected chi connectivity index (χ0v) is 12.2. The summed E-state index contributed by atoms with van der Waals surface area (Å²) in [5.74, 6) is 0. The number of hydrogen-bond acceptors (Lipinski definition) is 3. The Bertz CT molecular complexity index is 349. The topological polar surface area (TPSA) is 38.7 Å². The lowest BCUT2D eigenvalue weighted by molar-refractivity contribution is -0.133. The van der Waals surface area contributed by atoms with Gasteiger partial charge in [0.1, 0.15) is 0 Å². The summed E-state index contributed by atoms with van der Waals surface area (Å²) >= 11 is 0. The molecule has 0 aliphatic carbocycles. The minimum absolute atomic E-state index is 0.0589. The minimum atomic E-state index is -1.98. The van der Waals surface area contributed by atoms with Crippen LogP contribution in [0.1, 0.15) is 20.8 Å². The van der Waals surface area contributed by atoms with Crippen LogP contribution >= 0.6 is 0 Å². The standard InChI is InChI=1S/C12H21BO3Si/c1-12(2,3)17(4,5)16-15-13(14)11-9-7-6-8-10-11/h6-10,14H,1-5H3. The van der Waals surface area contributed by atoms with Gasteiger partial charge in [0.25, 0.3) is 0 Å². The van der Waals surface area contributed by atoms with Crippen molar-refractivity contribution in [1.29, 1.82) is 0 Å². The summed E-state index contributed by atoms with van der Waals surface area (Å²) in [5.41, 5.74) is 0.700. The van der Waals surface area contributed by atoms with Gasteiger partial charge in [0, 0.05) is 0 Å². The molecule has 0 radical (unpaired) electrons. The first-order valence-corrected chi connectivity index (χ1v) is 8.72. The zero-order valence-electron chi connectivity index (χ0n) is 11.2. The predicted octanol–water partition coefficient (Wildman–Crippen LogP) is 2.33. The van der Waals surface area contributed by atoms with Gasteiger partial charge in [0.15, 0.2) is 0 Å². The molecule has 17 heavy (non-hydrogen) atoms. The average Bonchev–Trinajstić information content (AvgIpc) is 2.25. The van der Waals surface area contributed by atoms with Gasteiger partial charge in [-0.15, -0.1) is 0 Å². The molecule has 94 valence electrons. The summed E-state index contributed by atoms with van der Waals surface area (Å²) in [7, 11) is -3.01. The van der Waals surface area contributed by atoms with Crippen LogP contribution in [0, 0.1) is 0 Å². The molecule has 0 aliphatic rings. The highest BCUT2D eigenvalue weighted by molar-refractivity contribution is 6.74. The van der Waals surface area contributed by atoms with Crippen molar-refractivity contribution in [3.8, 4) is 0 Å². The monoisotopic (exact) mass is 252 g/mol. The van der Waals surface area contributed by atoms with E-state index < -0.39 is 15.4 Å². The zero-order chi connectivity index (χ0) is 13.1. The van der Waals surface area contributed by atoms with Gasteiger partial charge in [-0.25, -0.2) is 0 Å². The van der Waals surface area contributed by atoms with E-state index in [4.69, 9.17) is 9.38 Å². The summed E-state index contributed by atoms with van der Waals surface area (Å²) in [4.78, 5) is 5.14. The molecule has 0 saturated heterocycles. The first-order valence-electron chi connectivity index (χ1n) is 5.81. The van der Waals surface area contributed by atoms with E-state index in [-0.39, 0.29) is 5.04 Å². The molecule has 0 unspecified atom stereocenters. The number of rotatable bonds is 4. The van der Waals surface area contributed by atoms with Crippen molar-refractivity contribution in [3.63, 3.8) is 0 Å². The van der Waals surface area contributed by atoms with Crippen LogP contribution < -0.4 is 5.46 Å². The van der Waals surface area contributed by atoms with Gasteiger partial charge in [-0.3, -0.25) is 9.38 Å². The fourth-order valence-corrected chi connectivity index (χ4v) is 1.55. The van der Waals surface area contributed by atoms with Gasteiger partial charge in [0.05, 0.1) is 0 Å². The Morgan fingerprint density at radius 2 is 1.65 bits per heavy atom. The number of hydrogen-bond donors (Lipinski definition) is 1. The SMILES string of the molecule is CC(C)(C)[Si](C)(C)OOB(O)c1ccccc1. The highest BCUT2D eigenvalue weighted by atomic mass is 28.4. The second kappa shape index (κ2) is 5.35. The predicted molar refractivity (Wildman–Crippen MR) is 73.4 cm³/mol. The third kappa shape index (κ3) is 3.96. The van der Waals surface area contributed by atoms with Crippen LogP contribution in [-0.2, 0) is 9.38 Å². The third-order valence-electron chi connectivity index (χ3n) is 3.24. The number of benzene rings is 1. The van der Waals surface area contributed by atoms with Crippen LogP contribution in [0.15, 0.2) is 30.3 Å². The first kappa shape index (κ1) is 14.4. The molecule has 1 aromatic rings. The van der Waals surface area contributed by atoms with Crippen molar-refractivity contribution in [1.82, 2.24) is 0 Å². The summed E-state index contributed by atoms with van der Waals surface area (Å²) in [6, 6.07) is 9.22. The van der Waals surface area contributed by atoms with E-state index in [0.717, 1.165) is 0 Å². The Labute approximate surface area is 105 Å². The van der Waals surface area contributed by atoms with Crippen LogP contribution in [0.4, 0.5) is 0 Å². The second-order valence-electron chi connectivity index (χ2n) is 5.70. The van der Waals surface area contributed by atoms with Crippen LogP contribution in [0.3, 0.4) is 0 Å². The normalized spacial score (nSPS) is 12.6. The lowest BCUT2D eigenvalue weighted by atomic mass is 9.80. The van der Waals surface area contributed by atoms with E-state index in [2.05, 4.69) is 33.9 Å². The maximum absolute atomic E-state index is 9.82. The lowest BCUT2D eigenvalue weighted by Gasteiger charge is -2.34. The van der Waals surface area contributed by atoms with Gasteiger partial charge in [-0.05, 0) is 23.6 Å². The fourth-order valence-electron chi connectivity index (χ4n) is 0.964. The largest absolute Gasteiger partial charge is 0.521 e. The Hall–Kier alpha value is -0.618. The molecule has 0 atom stereocenters. The van der Waals surface area contributed by atoms with Crippen LogP contribution in [0.25, 0.3) is 0 Å². The molecule has 1 rings (SSSR count). The van der Waals surface area contributed by atoms with Crippen molar-refractivity contribution in [2.45, 2.75) is 38.9 Å². The summed E-state index contributed by atoms with van der Waals surface area (Å²) in [6.45, 7) is 10.5. The molecule has 0 heterocycles. The van der Waals surface area contributed by atoms with E-state index in [9.17, 15) is 5.02 Å². The van der Waals surface area contributed by atoms with E-state index in [0.29, 0.717) is 5.46 Å². The molecule has 1 aromatic carbocycles. The molecule has 0 amide bonds. The van der Waals surface area contributed by atoms with Crippen molar-refractivity contribution in [2.75, 3.05) is 0 Å². The molecule has 0 aliphatic heterocycles. The second-order valence-corrected chi connectivity index (χ2v) is 10.4. The lowest BCUT2D eigenvalue weighted by Crippen LogP contribution is -2.45. The molecule has 0 spiro atoms. The molecule has 0 aromatic heterocycles. The molecule has 0 fully saturated rings. The fraction of sp³-hybridized carbons (Fsp3) is 0.500. The van der Waals surface area contributed by atoms with Crippen molar-refractivity contribution >= 4 is 20.9 Å². The highest BCUT2D eigenvalue weighted by Crippen LogP contribution is 2.36. The molecule has 1 N–H and O–H groups in total. The Kier molecular flexibility index (Phi) is 4.55. The summed E-state index contributed by atoms with van der Waals surface area (Å²) in [5, 5.41) is 9.88. The third-order valence-corrected chi connectivity index (χ3v) is 7.36. The maximum atomic E-state index is 9.82. The van der Waals surface area contributed by atoms with Crippen molar-refractivity contribution in [3.05, 3.63) is 30.3 Å². The van der Waals surface area contributed by atoms with E-state index in [1.54, 1.807) is 12.1 Å². The van der Waals surface area contributed by atoms with Gasteiger partial charge in [-0.1, -0.05) is 51.1 Å². The van der Waals surface area contributed by atoms with E-state index in [1.807, 2.05) is 18.2 Å². The molecule has 5 heteroatoms. The molecular formula is C12H21BO3Si. The van der Waals surface area contributed by atoms with E-state index >= 15 is 0 Å². The van der Waals surface area contributed by atoms with Gasteiger partial charge >= 0.3 is 7.12 Å². The van der Waals surface area contributed by atoms with Crippen LogP contribution in [-0.4, -0.2) is 20.5 Å². The summed E-state index contributed by atoms with van der Waals surface area (Å²) in [6.07, 6.45) is 0. The van der Waals surface area contributed by atoms with Gasteiger partial charge in [0.2, 0.25) is 8.32 Å². The smallest absolute Gasteiger partial charge is 0.422 e. The molecule has 0 bridgehead atoms. The molecule has 0 saturated carbocycles.